The number of hydrogen-bond donors (Lipinski definition) is 3. The summed E-state index contributed by atoms with van der Waals surface area (Å²) in [5.41, 5.74) is 5.63. The maximum absolute atomic E-state index is 9.47. The Labute approximate surface area is 74.3 Å². The van der Waals surface area contributed by atoms with Crippen LogP contribution in [0.15, 0.2) is 0 Å². The molecule has 1 saturated carbocycles. The highest BCUT2D eigenvalue weighted by atomic mass is 16.3. The number of hydrogen-bond acceptors (Lipinski definition) is 3. The number of rotatable bonds is 4. The highest BCUT2D eigenvalue weighted by Crippen LogP contribution is 2.17. The van der Waals surface area contributed by atoms with Gasteiger partial charge in [0.1, 0.15) is 0 Å². The summed E-state index contributed by atoms with van der Waals surface area (Å²) in [6.45, 7) is 4.76. The van der Waals surface area contributed by atoms with Gasteiger partial charge in [-0.3, -0.25) is 0 Å². The zero-order valence-electron chi connectivity index (χ0n) is 7.96. The minimum absolute atomic E-state index is 0.221. The van der Waals surface area contributed by atoms with Crippen LogP contribution in [0.3, 0.4) is 0 Å². The predicted octanol–water partition coefficient (Wildman–Crippen LogP) is 0.0826. The van der Waals surface area contributed by atoms with Crippen molar-refractivity contribution in [1.82, 2.24) is 5.32 Å². The average molecular weight is 172 g/mol. The molecule has 1 aliphatic carbocycles. The number of nitrogens with two attached hydrogens (primary N) is 1. The fourth-order valence-corrected chi connectivity index (χ4v) is 1.35. The second-order valence-electron chi connectivity index (χ2n) is 4.15. The van der Waals surface area contributed by atoms with Gasteiger partial charge in [0.15, 0.2) is 0 Å². The molecule has 0 aromatic rings. The van der Waals surface area contributed by atoms with E-state index in [9.17, 15) is 5.11 Å². The van der Waals surface area contributed by atoms with Gasteiger partial charge in [-0.2, -0.15) is 0 Å². The average Bonchev–Trinajstić information content (AvgIpc) is 1.95. The molecule has 0 saturated heterocycles. The summed E-state index contributed by atoms with van der Waals surface area (Å²) in [4.78, 5) is 0. The summed E-state index contributed by atoms with van der Waals surface area (Å²) in [7, 11) is 0. The van der Waals surface area contributed by atoms with E-state index in [0.29, 0.717) is 24.5 Å². The quantitative estimate of drug-likeness (QED) is 0.563. The molecule has 4 N–H and O–H groups in total. The van der Waals surface area contributed by atoms with Crippen LogP contribution in [0.25, 0.3) is 0 Å². The van der Waals surface area contributed by atoms with E-state index in [1.165, 1.54) is 0 Å². The lowest BCUT2D eigenvalue weighted by Gasteiger charge is -2.34. The largest absolute Gasteiger partial charge is 0.392 e. The second-order valence-corrected chi connectivity index (χ2v) is 4.15. The van der Waals surface area contributed by atoms with E-state index in [4.69, 9.17) is 5.73 Å². The van der Waals surface area contributed by atoms with E-state index >= 15 is 0 Å². The monoisotopic (exact) mass is 172 g/mol. The zero-order chi connectivity index (χ0) is 9.14. The van der Waals surface area contributed by atoms with Gasteiger partial charge in [-0.15, -0.1) is 0 Å². The van der Waals surface area contributed by atoms with Gasteiger partial charge in [-0.05, 0) is 18.8 Å². The molecule has 3 heteroatoms. The lowest BCUT2D eigenvalue weighted by molar-refractivity contribution is 0.113. The highest BCUT2D eigenvalue weighted by Gasteiger charge is 2.25. The SMILES string of the molecule is CC(C)C(O)CNC1CC(N)C1. The summed E-state index contributed by atoms with van der Waals surface area (Å²) in [5, 5.41) is 12.8. The molecule has 0 amide bonds. The van der Waals surface area contributed by atoms with Crippen LogP contribution in [0.1, 0.15) is 26.7 Å². The third-order valence-electron chi connectivity index (χ3n) is 2.56. The van der Waals surface area contributed by atoms with Crippen LogP contribution in [0.2, 0.25) is 0 Å². The molecule has 1 rings (SSSR count). The smallest absolute Gasteiger partial charge is 0.0687 e. The summed E-state index contributed by atoms with van der Waals surface area (Å²) >= 11 is 0. The molecule has 1 unspecified atom stereocenters. The van der Waals surface area contributed by atoms with Crippen molar-refractivity contribution in [2.75, 3.05) is 6.54 Å². The van der Waals surface area contributed by atoms with Gasteiger partial charge in [-0.1, -0.05) is 13.8 Å². The number of aliphatic hydroxyl groups excluding tert-OH is 1. The topological polar surface area (TPSA) is 58.3 Å². The summed E-state index contributed by atoms with van der Waals surface area (Å²) in [5.74, 6) is 0.339. The normalized spacial score (nSPS) is 31.8. The third-order valence-corrected chi connectivity index (χ3v) is 2.56. The van der Waals surface area contributed by atoms with Crippen molar-refractivity contribution in [2.24, 2.45) is 11.7 Å². The van der Waals surface area contributed by atoms with Gasteiger partial charge < -0.3 is 16.2 Å². The molecule has 0 aliphatic heterocycles. The minimum Gasteiger partial charge on any atom is -0.392 e. The summed E-state index contributed by atoms with van der Waals surface area (Å²) < 4.78 is 0. The molecule has 1 fully saturated rings. The first-order valence-corrected chi connectivity index (χ1v) is 4.76. The fraction of sp³-hybridized carbons (Fsp3) is 1.00. The van der Waals surface area contributed by atoms with E-state index in [2.05, 4.69) is 5.32 Å². The van der Waals surface area contributed by atoms with Crippen LogP contribution in [0.4, 0.5) is 0 Å². The molecular formula is C9H20N2O. The molecule has 1 atom stereocenters. The van der Waals surface area contributed by atoms with Gasteiger partial charge in [0.2, 0.25) is 0 Å². The van der Waals surface area contributed by atoms with E-state index < -0.39 is 0 Å². The van der Waals surface area contributed by atoms with Crippen molar-refractivity contribution in [1.29, 1.82) is 0 Å². The molecule has 0 spiro atoms. The Bertz CT molecular complexity index is 132. The molecule has 1 aliphatic rings. The molecule has 72 valence electrons. The molecule has 0 aromatic heterocycles. The number of nitrogens with one attached hydrogen (secondary N) is 1. The maximum Gasteiger partial charge on any atom is 0.0687 e. The van der Waals surface area contributed by atoms with Crippen LogP contribution in [0.5, 0.6) is 0 Å². The van der Waals surface area contributed by atoms with E-state index in [1.807, 2.05) is 13.8 Å². The van der Waals surface area contributed by atoms with Gasteiger partial charge >= 0.3 is 0 Å². The van der Waals surface area contributed by atoms with Crippen molar-refractivity contribution < 1.29 is 5.11 Å². The Morgan fingerprint density at radius 1 is 1.50 bits per heavy atom. The molecule has 0 radical (unpaired) electrons. The van der Waals surface area contributed by atoms with Gasteiger partial charge in [-0.25, -0.2) is 0 Å². The Hall–Kier alpha value is -0.120. The van der Waals surface area contributed by atoms with Crippen LogP contribution in [-0.2, 0) is 0 Å². The van der Waals surface area contributed by atoms with Crippen LogP contribution >= 0.6 is 0 Å². The Kier molecular flexibility index (Phi) is 3.50. The molecule has 0 heterocycles. The molecule has 3 nitrogen and oxygen atoms in total. The van der Waals surface area contributed by atoms with Crippen LogP contribution in [0, 0.1) is 5.92 Å². The summed E-state index contributed by atoms with van der Waals surface area (Å²) in [6.07, 6.45) is 1.90. The standard InChI is InChI=1S/C9H20N2O/c1-6(2)9(12)5-11-8-3-7(10)4-8/h6-9,11-12H,3-5,10H2,1-2H3. The van der Waals surface area contributed by atoms with Crippen LogP contribution < -0.4 is 11.1 Å². The van der Waals surface area contributed by atoms with Gasteiger partial charge in [0, 0.05) is 18.6 Å². The first kappa shape index (κ1) is 9.96. The van der Waals surface area contributed by atoms with E-state index in [0.717, 1.165) is 12.8 Å². The fourth-order valence-electron chi connectivity index (χ4n) is 1.35. The van der Waals surface area contributed by atoms with Gasteiger partial charge in [0.25, 0.3) is 0 Å². The molecular weight excluding hydrogens is 152 g/mol. The van der Waals surface area contributed by atoms with Crippen molar-refractivity contribution >= 4 is 0 Å². The number of aliphatic hydroxyl groups is 1. The highest BCUT2D eigenvalue weighted by molar-refractivity contribution is 4.88. The first-order chi connectivity index (χ1) is 5.59. The lowest BCUT2D eigenvalue weighted by Crippen LogP contribution is -2.50. The Morgan fingerprint density at radius 2 is 2.08 bits per heavy atom. The molecule has 12 heavy (non-hydrogen) atoms. The molecule has 0 bridgehead atoms. The van der Waals surface area contributed by atoms with E-state index in [1.54, 1.807) is 0 Å². The van der Waals surface area contributed by atoms with Crippen molar-refractivity contribution in [3.63, 3.8) is 0 Å². The Morgan fingerprint density at radius 3 is 2.50 bits per heavy atom. The predicted molar refractivity (Wildman–Crippen MR) is 49.8 cm³/mol. The lowest BCUT2D eigenvalue weighted by atomic mass is 9.87. The van der Waals surface area contributed by atoms with Gasteiger partial charge in [0.05, 0.1) is 6.10 Å². The van der Waals surface area contributed by atoms with Crippen LogP contribution in [-0.4, -0.2) is 29.8 Å². The zero-order valence-corrected chi connectivity index (χ0v) is 7.96. The van der Waals surface area contributed by atoms with E-state index in [-0.39, 0.29) is 6.10 Å². The maximum atomic E-state index is 9.47. The van der Waals surface area contributed by atoms with Crippen molar-refractivity contribution in [3.05, 3.63) is 0 Å². The Balaban J connectivity index is 2.02. The minimum atomic E-state index is -0.221. The molecule has 0 aromatic carbocycles. The third kappa shape index (κ3) is 2.73. The summed E-state index contributed by atoms with van der Waals surface area (Å²) in [6, 6.07) is 0.937. The van der Waals surface area contributed by atoms with Crippen molar-refractivity contribution in [3.8, 4) is 0 Å². The van der Waals surface area contributed by atoms with Crippen molar-refractivity contribution in [2.45, 2.75) is 44.9 Å². The first-order valence-electron chi connectivity index (χ1n) is 4.76. The second kappa shape index (κ2) is 4.21.